The molecule has 0 unspecified atom stereocenters. The van der Waals surface area contributed by atoms with Gasteiger partial charge in [0.2, 0.25) is 0 Å². The van der Waals surface area contributed by atoms with E-state index in [0.29, 0.717) is 32.0 Å². The second-order valence-corrected chi connectivity index (χ2v) is 4.45. The van der Waals surface area contributed by atoms with Crippen LogP contribution in [0.25, 0.3) is 0 Å². The summed E-state index contributed by atoms with van der Waals surface area (Å²) in [5.74, 6) is -2.07. The number of carbonyl (C=O) groups is 1. The van der Waals surface area contributed by atoms with Crippen molar-refractivity contribution in [2.45, 2.75) is 31.2 Å². The summed E-state index contributed by atoms with van der Waals surface area (Å²) in [7, 11) is 0. The molecular weight excluding hydrogens is 237 g/mol. The lowest BCUT2D eigenvalue weighted by Crippen LogP contribution is -2.59. The molecule has 0 radical (unpaired) electrons. The van der Waals surface area contributed by atoms with Gasteiger partial charge in [-0.3, -0.25) is 4.90 Å². The van der Waals surface area contributed by atoms with E-state index < -0.39 is 18.2 Å². The lowest BCUT2D eigenvalue weighted by Gasteiger charge is -2.41. The Morgan fingerprint density at radius 2 is 1.82 bits per heavy atom. The number of esters is 1. The summed E-state index contributed by atoms with van der Waals surface area (Å²) in [5.41, 5.74) is 0. The lowest BCUT2D eigenvalue weighted by molar-refractivity contribution is -0.206. The van der Waals surface area contributed by atoms with Crippen LogP contribution < -0.4 is 5.32 Å². The number of piperidine rings is 1. The van der Waals surface area contributed by atoms with Gasteiger partial charge in [0.15, 0.2) is 0 Å². The van der Waals surface area contributed by atoms with E-state index in [2.05, 4.69) is 15.0 Å². The van der Waals surface area contributed by atoms with Crippen molar-refractivity contribution >= 4 is 5.97 Å². The van der Waals surface area contributed by atoms with Crippen molar-refractivity contribution in [2.75, 3.05) is 26.2 Å². The molecule has 0 bridgehead atoms. The van der Waals surface area contributed by atoms with Crippen LogP contribution >= 0.6 is 0 Å². The molecule has 1 N–H and O–H groups in total. The van der Waals surface area contributed by atoms with Crippen molar-refractivity contribution in [3.8, 4) is 0 Å². The van der Waals surface area contributed by atoms with Gasteiger partial charge in [0.05, 0.1) is 0 Å². The van der Waals surface area contributed by atoms with Gasteiger partial charge in [-0.25, -0.2) is 4.79 Å². The Hall–Kier alpha value is -0.820. The summed E-state index contributed by atoms with van der Waals surface area (Å²) < 4.78 is 40.4. The van der Waals surface area contributed by atoms with Gasteiger partial charge in [-0.2, -0.15) is 13.2 Å². The van der Waals surface area contributed by atoms with Crippen LogP contribution in [0.1, 0.15) is 12.8 Å². The fraction of sp³-hybridized carbons (Fsp3) is 0.900. The summed E-state index contributed by atoms with van der Waals surface area (Å²) >= 11 is 0. The molecule has 2 aliphatic rings. The van der Waals surface area contributed by atoms with Crippen LogP contribution in [-0.4, -0.2) is 55.4 Å². The molecule has 0 amide bonds. The first-order valence-electron chi connectivity index (χ1n) is 5.69. The highest BCUT2D eigenvalue weighted by molar-refractivity contribution is 5.75. The number of halogens is 3. The molecular formula is C10H15F3N2O2. The normalized spacial score (nSPS) is 24.4. The molecule has 2 heterocycles. The molecule has 2 rings (SSSR count). The number of ether oxygens (including phenoxy) is 1. The van der Waals surface area contributed by atoms with Crippen LogP contribution in [0.3, 0.4) is 0 Å². The van der Waals surface area contributed by atoms with E-state index in [1.165, 1.54) is 0 Å². The van der Waals surface area contributed by atoms with Gasteiger partial charge < -0.3 is 10.1 Å². The maximum absolute atomic E-state index is 12.0. The standard InChI is InChI=1S/C10H15F3N2O2/c11-10(12,13)9(16)17-8-1-3-15(4-2-8)7-5-14-6-7/h7-8,14H,1-6H2. The van der Waals surface area contributed by atoms with E-state index in [9.17, 15) is 18.0 Å². The molecule has 0 aromatic heterocycles. The number of nitrogens with one attached hydrogen (secondary N) is 1. The van der Waals surface area contributed by atoms with Gasteiger partial charge in [-0.1, -0.05) is 0 Å². The van der Waals surface area contributed by atoms with Gasteiger partial charge in [0.1, 0.15) is 6.10 Å². The Bertz CT molecular complexity index is 284. The van der Waals surface area contributed by atoms with Crippen LogP contribution in [0.5, 0.6) is 0 Å². The summed E-state index contributed by atoms with van der Waals surface area (Å²) in [5, 5.41) is 3.15. The summed E-state index contributed by atoms with van der Waals surface area (Å²) in [4.78, 5) is 12.9. The molecule has 17 heavy (non-hydrogen) atoms. The van der Waals surface area contributed by atoms with Crippen LogP contribution in [0.2, 0.25) is 0 Å². The molecule has 98 valence electrons. The molecule has 0 atom stereocenters. The van der Waals surface area contributed by atoms with E-state index in [-0.39, 0.29) is 0 Å². The highest BCUT2D eigenvalue weighted by atomic mass is 19.4. The maximum atomic E-state index is 12.0. The van der Waals surface area contributed by atoms with Gasteiger partial charge in [-0.05, 0) is 12.8 Å². The Kier molecular flexibility index (Phi) is 3.58. The predicted octanol–water partition coefficient (Wildman–Crippen LogP) is 0.528. The highest BCUT2D eigenvalue weighted by Gasteiger charge is 2.42. The van der Waals surface area contributed by atoms with E-state index in [1.54, 1.807) is 0 Å². The molecule has 4 nitrogen and oxygen atoms in total. The van der Waals surface area contributed by atoms with Crippen LogP contribution in [0, 0.1) is 0 Å². The fourth-order valence-electron chi connectivity index (χ4n) is 2.11. The zero-order valence-electron chi connectivity index (χ0n) is 9.29. The van der Waals surface area contributed by atoms with E-state index in [4.69, 9.17) is 0 Å². The summed E-state index contributed by atoms with van der Waals surface area (Å²) in [6.07, 6.45) is -4.50. The Morgan fingerprint density at radius 3 is 2.24 bits per heavy atom. The Balaban J connectivity index is 1.73. The molecule has 0 spiro atoms. The van der Waals surface area contributed by atoms with Crippen molar-refractivity contribution in [3.63, 3.8) is 0 Å². The Morgan fingerprint density at radius 1 is 1.24 bits per heavy atom. The molecule has 0 aliphatic carbocycles. The quantitative estimate of drug-likeness (QED) is 0.728. The largest absolute Gasteiger partial charge is 0.490 e. The minimum atomic E-state index is -4.88. The monoisotopic (exact) mass is 252 g/mol. The van der Waals surface area contributed by atoms with Crippen LogP contribution in [0.15, 0.2) is 0 Å². The van der Waals surface area contributed by atoms with Crippen molar-refractivity contribution < 1.29 is 22.7 Å². The van der Waals surface area contributed by atoms with Crippen LogP contribution in [0.4, 0.5) is 13.2 Å². The highest BCUT2D eigenvalue weighted by Crippen LogP contribution is 2.22. The van der Waals surface area contributed by atoms with Crippen LogP contribution in [-0.2, 0) is 9.53 Å². The first-order chi connectivity index (χ1) is 7.97. The predicted molar refractivity (Wildman–Crippen MR) is 53.4 cm³/mol. The first kappa shape index (κ1) is 12.6. The smallest absolute Gasteiger partial charge is 0.456 e. The minimum absolute atomic E-state index is 0.484. The van der Waals surface area contributed by atoms with Crippen molar-refractivity contribution in [1.82, 2.24) is 10.2 Å². The summed E-state index contributed by atoms with van der Waals surface area (Å²) in [6, 6.07) is 0.495. The molecule has 2 fully saturated rings. The number of alkyl halides is 3. The zero-order chi connectivity index (χ0) is 12.5. The number of likely N-dealkylation sites (tertiary alicyclic amines) is 1. The molecule has 0 aromatic rings. The van der Waals surface area contributed by atoms with Gasteiger partial charge in [0, 0.05) is 32.2 Å². The van der Waals surface area contributed by atoms with Crippen molar-refractivity contribution in [3.05, 3.63) is 0 Å². The van der Waals surface area contributed by atoms with E-state index >= 15 is 0 Å². The third kappa shape index (κ3) is 3.10. The molecule has 2 aliphatic heterocycles. The SMILES string of the molecule is O=C(OC1CCN(C2CNC2)CC1)C(F)(F)F. The first-order valence-corrected chi connectivity index (χ1v) is 5.69. The van der Waals surface area contributed by atoms with Gasteiger partial charge in [-0.15, -0.1) is 0 Å². The average Bonchev–Trinajstić information content (AvgIpc) is 2.16. The number of hydrogen-bond donors (Lipinski definition) is 1. The maximum Gasteiger partial charge on any atom is 0.490 e. The second-order valence-electron chi connectivity index (χ2n) is 4.45. The number of hydrogen-bond acceptors (Lipinski definition) is 4. The fourth-order valence-corrected chi connectivity index (χ4v) is 2.11. The van der Waals surface area contributed by atoms with E-state index in [1.807, 2.05) is 0 Å². The second kappa shape index (κ2) is 4.81. The van der Waals surface area contributed by atoms with E-state index in [0.717, 1.165) is 13.1 Å². The lowest BCUT2D eigenvalue weighted by atomic mass is 10.0. The van der Waals surface area contributed by atoms with Crippen molar-refractivity contribution in [2.24, 2.45) is 0 Å². The molecule has 0 saturated carbocycles. The zero-order valence-corrected chi connectivity index (χ0v) is 9.29. The van der Waals surface area contributed by atoms with Gasteiger partial charge >= 0.3 is 12.1 Å². The van der Waals surface area contributed by atoms with Crippen molar-refractivity contribution in [1.29, 1.82) is 0 Å². The number of nitrogens with zero attached hydrogens (tertiary/aromatic N) is 1. The van der Waals surface area contributed by atoms with Gasteiger partial charge in [0.25, 0.3) is 0 Å². The molecule has 0 aromatic carbocycles. The average molecular weight is 252 g/mol. The number of carbonyl (C=O) groups excluding carboxylic acids is 1. The summed E-state index contributed by atoms with van der Waals surface area (Å²) in [6.45, 7) is 3.27. The molecule has 7 heteroatoms. The third-order valence-corrected chi connectivity index (χ3v) is 3.26. The molecule has 2 saturated heterocycles. The topological polar surface area (TPSA) is 41.6 Å². The third-order valence-electron chi connectivity index (χ3n) is 3.26. The minimum Gasteiger partial charge on any atom is -0.456 e. The number of rotatable bonds is 2. The Labute approximate surface area is 97.1 Å².